The Kier molecular flexibility index (Phi) is 5.07. The highest BCUT2D eigenvalue weighted by Gasteiger charge is 2.18. The van der Waals surface area contributed by atoms with Crippen LogP contribution in [0.4, 0.5) is 5.13 Å². The summed E-state index contributed by atoms with van der Waals surface area (Å²) in [5.41, 5.74) is 0.561. The summed E-state index contributed by atoms with van der Waals surface area (Å²) in [6.07, 6.45) is 0. The number of thiazole rings is 1. The van der Waals surface area contributed by atoms with Gasteiger partial charge in [-0.05, 0) is 20.8 Å². The van der Waals surface area contributed by atoms with Gasteiger partial charge >= 0.3 is 5.97 Å². The number of esters is 1. The molecular formula is C10H13BrN2O3S. The first kappa shape index (κ1) is 14.1. The normalized spacial score (nSPS) is 12.0. The second-order valence-electron chi connectivity index (χ2n) is 3.26. The number of nitrogens with zero attached hydrogens (tertiary/aromatic N) is 1. The van der Waals surface area contributed by atoms with Gasteiger partial charge in [-0.25, -0.2) is 9.78 Å². The van der Waals surface area contributed by atoms with Crippen LogP contribution in [0.5, 0.6) is 0 Å². The maximum absolute atomic E-state index is 11.5. The standard InChI is InChI=1S/C10H13BrN2O3S/c1-4-16-9(15)7-6(3)12-10(17-7)13-8(14)5(2)11/h5H,4H2,1-3H3,(H,12,13,14)/t5-/m1/s1. The molecule has 1 amide bonds. The summed E-state index contributed by atoms with van der Waals surface area (Å²) in [6, 6.07) is 0. The summed E-state index contributed by atoms with van der Waals surface area (Å²) < 4.78 is 4.88. The molecule has 0 aliphatic carbocycles. The predicted molar refractivity (Wildman–Crippen MR) is 69.8 cm³/mol. The van der Waals surface area contributed by atoms with Crippen LogP contribution >= 0.6 is 27.3 Å². The Hall–Kier alpha value is -0.950. The van der Waals surface area contributed by atoms with E-state index < -0.39 is 5.97 Å². The average molecular weight is 321 g/mol. The highest BCUT2D eigenvalue weighted by molar-refractivity contribution is 9.10. The number of carbonyl (C=O) groups excluding carboxylic acids is 2. The number of halogens is 1. The first-order valence-corrected chi connectivity index (χ1v) is 6.78. The molecular weight excluding hydrogens is 308 g/mol. The maximum atomic E-state index is 11.5. The van der Waals surface area contributed by atoms with Crippen LogP contribution in [0.25, 0.3) is 0 Å². The van der Waals surface area contributed by atoms with Gasteiger partial charge in [0, 0.05) is 0 Å². The third-order valence-corrected chi connectivity index (χ3v) is 3.32. The Morgan fingerprint density at radius 1 is 1.59 bits per heavy atom. The van der Waals surface area contributed by atoms with Gasteiger partial charge in [-0.3, -0.25) is 4.79 Å². The van der Waals surface area contributed by atoms with Crippen molar-refractivity contribution in [1.29, 1.82) is 0 Å². The number of hydrogen-bond donors (Lipinski definition) is 1. The van der Waals surface area contributed by atoms with E-state index in [9.17, 15) is 9.59 Å². The molecule has 1 N–H and O–H groups in total. The lowest BCUT2D eigenvalue weighted by Gasteiger charge is -2.01. The minimum absolute atomic E-state index is 0.200. The predicted octanol–water partition coefficient (Wildman–Crippen LogP) is 2.35. The van der Waals surface area contributed by atoms with Gasteiger partial charge in [0.05, 0.1) is 17.1 Å². The van der Waals surface area contributed by atoms with Crippen molar-refractivity contribution in [1.82, 2.24) is 4.98 Å². The topological polar surface area (TPSA) is 68.3 Å². The van der Waals surface area contributed by atoms with Crippen molar-refractivity contribution < 1.29 is 14.3 Å². The number of aromatic nitrogens is 1. The molecule has 0 aliphatic rings. The zero-order valence-corrected chi connectivity index (χ0v) is 12.1. The molecule has 0 spiro atoms. The molecule has 0 aliphatic heterocycles. The van der Waals surface area contributed by atoms with E-state index >= 15 is 0 Å². The van der Waals surface area contributed by atoms with Crippen molar-refractivity contribution in [3.8, 4) is 0 Å². The maximum Gasteiger partial charge on any atom is 0.350 e. The fraction of sp³-hybridized carbons (Fsp3) is 0.500. The van der Waals surface area contributed by atoms with E-state index in [0.29, 0.717) is 22.3 Å². The van der Waals surface area contributed by atoms with Crippen LogP contribution in [0.1, 0.15) is 29.2 Å². The van der Waals surface area contributed by atoms with Crippen LogP contribution in [-0.4, -0.2) is 28.3 Å². The molecule has 1 rings (SSSR count). The highest BCUT2D eigenvalue weighted by atomic mass is 79.9. The molecule has 17 heavy (non-hydrogen) atoms. The Balaban J connectivity index is 2.81. The molecule has 0 fully saturated rings. The zero-order valence-electron chi connectivity index (χ0n) is 9.74. The van der Waals surface area contributed by atoms with Crippen LogP contribution in [-0.2, 0) is 9.53 Å². The number of alkyl halides is 1. The molecule has 0 saturated carbocycles. The third kappa shape index (κ3) is 3.78. The summed E-state index contributed by atoms with van der Waals surface area (Å²) in [7, 11) is 0. The van der Waals surface area contributed by atoms with Gasteiger partial charge in [0.15, 0.2) is 5.13 Å². The van der Waals surface area contributed by atoms with E-state index in [1.807, 2.05) is 0 Å². The summed E-state index contributed by atoms with van der Waals surface area (Å²) in [6.45, 7) is 5.47. The largest absolute Gasteiger partial charge is 0.462 e. The molecule has 94 valence electrons. The van der Waals surface area contributed by atoms with Crippen LogP contribution in [0.3, 0.4) is 0 Å². The second kappa shape index (κ2) is 6.11. The van der Waals surface area contributed by atoms with E-state index in [0.717, 1.165) is 11.3 Å². The van der Waals surface area contributed by atoms with Gasteiger partial charge in [0.25, 0.3) is 0 Å². The second-order valence-corrected chi connectivity index (χ2v) is 5.63. The minimum atomic E-state index is -0.408. The average Bonchev–Trinajstić information content (AvgIpc) is 2.59. The van der Waals surface area contributed by atoms with E-state index in [1.165, 1.54) is 0 Å². The summed E-state index contributed by atoms with van der Waals surface area (Å²) in [5, 5.41) is 3.02. The van der Waals surface area contributed by atoms with Gasteiger partial charge in [0.1, 0.15) is 4.88 Å². The number of carbonyl (C=O) groups is 2. The molecule has 0 unspecified atom stereocenters. The number of nitrogens with one attached hydrogen (secondary N) is 1. The fourth-order valence-electron chi connectivity index (χ4n) is 1.04. The summed E-state index contributed by atoms with van der Waals surface area (Å²) >= 11 is 4.26. The van der Waals surface area contributed by atoms with Crippen LogP contribution in [0.15, 0.2) is 0 Å². The molecule has 1 atom stereocenters. The van der Waals surface area contributed by atoms with Crippen molar-refractivity contribution >= 4 is 44.3 Å². The number of hydrogen-bond acceptors (Lipinski definition) is 5. The third-order valence-electron chi connectivity index (χ3n) is 1.85. The van der Waals surface area contributed by atoms with Crippen molar-refractivity contribution in [2.75, 3.05) is 11.9 Å². The first-order valence-electron chi connectivity index (χ1n) is 5.05. The minimum Gasteiger partial charge on any atom is -0.462 e. The molecule has 0 aromatic carbocycles. The van der Waals surface area contributed by atoms with Crippen LogP contribution in [0.2, 0.25) is 0 Å². The molecule has 1 aromatic rings. The van der Waals surface area contributed by atoms with Gasteiger partial charge in [0.2, 0.25) is 5.91 Å². The van der Waals surface area contributed by atoms with E-state index in [-0.39, 0.29) is 10.7 Å². The molecule has 1 heterocycles. The Labute approximate surface area is 112 Å². The molecule has 0 radical (unpaired) electrons. The summed E-state index contributed by atoms with van der Waals surface area (Å²) in [4.78, 5) is 27.2. The van der Waals surface area contributed by atoms with Crippen molar-refractivity contribution in [3.05, 3.63) is 10.6 Å². The molecule has 0 bridgehead atoms. The lowest BCUT2D eigenvalue weighted by atomic mass is 10.4. The number of amides is 1. The van der Waals surface area contributed by atoms with E-state index in [1.54, 1.807) is 20.8 Å². The van der Waals surface area contributed by atoms with E-state index in [2.05, 4.69) is 26.2 Å². The summed E-state index contributed by atoms with van der Waals surface area (Å²) in [5.74, 6) is -0.607. The quantitative estimate of drug-likeness (QED) is 0.683. The monoisotopic (exact) mass is 320 g/mol. The lowest BCUT2D eigenvalue weighted by molar-refractivity contribution is -0.115. The molecule has 0 saturated heterocycles. The van der Waals surface area contributed by atoms with E-state index in [4.69, 9.17) is 4.74 Å². The Morgan fingerprint density at radius 2 is 2.24 bits per heavy atom. The molecule has 1 aromatic heterocycles. The number of anilines is 1. The smallest absolute Gasteiger partial charge is 0.350 e. The van der Waals surface area contributed by atoms with Gasteiger partial charge in [-0.1, -0.05) is 27.3 Å². The van der Waals surface area contributed by atoms with Crippen LogP contribution in [0, 0.1) is 6.92 Å². The van der Waals surface area contributed by atoms with Gasteiger partial charge in [-0.15, -0.1) is 0 Å². The Bertz CT molecular complexity index is 431. The van der Waals surface area contributed by atoms with Gasteiger partial charge in [-0.2, -0.15) is 0 Å². The highest BCUT2D eigenvalue weighted by Crippen LogP contribution is 2.23. The fourth-order valence-corrected chi connectivity index (χ4v) is 2.02. The first-order chi connectivity index (χ1) is 7.95. The SMILES string of the molecule is CCOC(=O)c1sc(NC(=O)[C@@H](C)Br)nc1C. The number of rotatable bonds is 4. The van der Waals surface area contributed by atoms with Crippen molar-refractivity contribution in [2.24, 2.45) is 0 Å². The lowest BCUT2D eigenvalue weighted by Crippen LogP contribution is -2.19. The molecule has 5 nitrogen and oxygen atoms in total. The van der Waals surface area contributed by atoms with Crippen molar-refractivity contribution in [2.45, 2.75) is 25.6 Å². The van der Waals surface area contributed by atoms with Gasteiger partial charge < -0.3 is 10.1 Å². The number of ether oxygens (including phenoxy) is 1. The Morgan fingerprint density at radius 3 is 2.76 bits per heavy atom. The number of aryl methyl sites for hydroxylation is 1. The zero-order chi connectivity index (χ0) is 13.0. The molecule has 7 heteroatoms. The van der Waals surface area contributed by atoms with Crippen LogP contribution < -0.4 is 5.32 Å². The van der Waals surface area contributed by atoms with Crippen molar-refractivity contribution in [3.63, 3.8) is 0 Å².